The first-order valence-corrected chi connectivity index (χ1v) is 6.82. The van der Waals surface area contributed by atoms with E-state index < -0.39 is 11.7 Å². The van der Waals surface area contributed by atoms with Gasteiger partial charge in [-0.15, -0.1) is 0 Å². The zero-order valence-corrected chi connectivity index (χ0v) is 12.1. The van der Waals surface area contributed by atoms with Gasteiger partial charge in [-0.2, -0.15) is 13.2 Å². The first kappa shape index (κ1) is 15.2. The molecule has 0 amide bonds. The van der Waals surface area contributed by atoms with Crippen molar-refractivity contribution < 1.29 is 18.0 Å². The van der Waals surface area contributed by atoms with Crippen LogP contribution in [0.2, 0.25) is 0 Å². The van der Waals surface area contributed by atoms with E-state index >= 15 is 0 Å². The number of rotatable bonds is 3. The monoisotopic (exact) mass is 319 g/mol. The number of nitrogens with zero attached hydrogens (tertiary/aromatic N) is 3. The van der Waals surface area contributed by atoms with Gasteiger partial charge in [0, 0.05) is 11.8 Å². The third-order valence-corrected chi connectivity index (χ3v) is 3.40. The second-order valence-corrected chi connectivity index (χ2v) is 5.21. The van der Waals surface area contributed by atoms with E-state index in [1.54, 1.807) is 29.1 Å². The predicted octanol–water partition coefficient (Wildman–Crippen LogP) is 3.71. The van der Waals surface area contributed by atoms with Crippen molar-refractivity contribution in [3.05, 3.63) is 48.4 Å². The van der Waals surface area contributed by atoms with Gasteiger partial charge in [0.05, 0.1) is 35.2 Å². The predicted molar refractivity (Wildman–Crippen MR) is 78.6 cm³/mol. The SMILES string of the molecule is CC(=O)Cn1cnc2ccc(-c3ccc(C(F)(F)F)cn3)cc21. The van der Waals surface area contributed by atoms with Gasteiger partial charge in [0.25, 0.3) is 0 Å². The van der Waals surface area contributed by atoms with Crippen LogP contribution in [0.4, 0.5) is 13.2 Å². The highest BCUT2D eigenvalue weighted by molar-refractivity contribution is 5.83. The number of carbonyl (C=O) groups excluding carboxylic acids is 1. The molecule has 0 saturated carbocycles. The first-order chi connectivity index (χ1) is 10.8. The molecule has 0 saturated heterocycles. The fourth-order valence-electron chi connectivity index (χ4n) is 2.31. The lowest BCUT2D eigenvalue weighted by Gasteiger charge is -2.07. The Hall–Kier alpha value is -2.70. The van der Waals surface area contributed by atoms with Crippen LogP contribution in [0.3, 0.4) is 0 Å². The number of halogens is 3. The van der Waals surface area contributed by atoms with E-state index in [0.29, 0.717) is 16.8 Å². The number of pyridine rings is 1. The molecule has 2 aromatic heterocycles. The minimum Gasteiger partial charge on any atom is -0.323 e. The van der Waals surface area contributed by atoms with Crippen LogP contribution in [0.5, 0.6) is 0 Å². The van der Waals surface area contributed by atoms with Crippen LogP contribution < -0.4 is 0 Å². The average molecular weight is 319 g/mol. The maximum atomic E-state index is 12.6. The summed E-state index contributed by atoms with van der Waals surface area (Å²) in [5, 5.41) is 0. The molecule has 0 spiro atoms. The molecule has 0 radical (unpaired) electrons. The van der Waals surface area contributed by atoms with Gasteiger partial charge in [-0.25, -0.2) is 4.98 Å². The number of fused-ring (bicyclic) bond motifs is 1. The van der Waals surface area contributed by atoms with Crippen molar-refractivity contribution in [3.8, 4) is 11.3 Å². The lowest BCUT2D eigenvalue weighted by atomic mass is 10.1. The van der Waals surface area contributed by atoms with Crippen LogP contribution in [0.25, 0.3) is 22.3 Å². The number of hydrogen-bond donors (Lipinski definition) is 0. The Bertz CT molecular complexity index is 866. The zero-order valence-electron chi connectivity index (χ0n) is 12.1. The Morgan fingerprint density at radius 1 is 1.17 bits per heavy atom. The summed E-state index contributed by atoms with van der Waals surface area (Å²) in [5.41, 5.74) is 1.75. The fraction of sp³-hybridized carbons (Fsp3) is 0.188. The molecular formula is C16H12F3N3O. The molecule has 0 fully saturated rings. The summed E-state index contributed by atoms with van der Waals surface area (Å²) in [6, 6.07) is 7.58. The van der Waals surface area contributed by atoms with E-state index in [9.17, 15) is 18.0 Å². The summed E-state index contributed by atoms with van der Waals surface area (Å²) in [7, 11) is 0. The van der Waals surface area contributed by atoms with E-state index in [1.807, 2.05) is 0 Å². The third-order valence-electron chi connectivity index (χ3n) is 3.40. The maximum absolute atomic E-state index is 12.6. The van der Waals surface area contributed by atoms with Crippen LogP contribution in [0, 0.1) is 0 Å². The van der Waals surface area contributed by atoms with Crippen molar-refractivity contribution >= 4 is 16.8 Å². The van der Waals surface area contributed by atoms with Gasteiger partial charge in [0.1, 0.15) is 5.78 Å². The Morgan fingerprint density at radius 3 is 2.57 bits per heavy atom. The molecular weight excluding hydrogens is 307 g/mol. The normalized spacial score (nSPS) is 11.8. The Morgan fingerprint density at radius 2 is 1.96 bits per heavy atom. The van der Waals surface area contributed by atoms with E-state index in [-0.39, 0.29) is 12.3 Å². The van der Waals surface area contributed by atoms with Crippen molar-refractivity contribution in [1.29, 1.82) is 0 Å². The van der Waals surface area contributed by atoms with E-state index in [1.165, 1.54) is 13.0 Å². The number of benzene rings is 1. The molecule has 3 rings (SSSR count). The molecule has 2 heterocycles. The summed E-state index contributed by atoms with van der Waals surface area (Å²) >= 11 is 0. The number of alkyl halides is 3. The first-order valence-electron chi connectivity index (χ1n) is 6.82. The summed E-state index contributed by atoms with van der Waals surface area (Å²) in [4.78, 5) is 19.3. The van der Waals surface area contributed by atoms with Crippen LogP contribution in [-0.2, 0) is 17.5 Å². The fourth-order valence-corrected chi connectivity index (χ4v) is 2.31. The molecule has 23 heavy (non-hydrogen) atoms. The van der Waals surface area contributed by atoms with E-state index in [2.05, 4.69) is 9.97 Å². The van der Waals surface area contributed by atoms with Crippen molar-refractivity contribution in [2.45, 2.75) is 19.6 Å². The molecule has 118 valence electrons. The molecule has 3 aromatic rings. The molecule has 0 bridgehead atoms. The van der Waals surface area contributed by atoms with Gasteiger partial charge >= 0.3 is 6.18 Å². The van der Waals surface area contributed by atoms with Crippen LogP contribution >= 0.6 is 0 Å². The van der Waals surface area contributed by atoms with Crippen LogP contribution in [-0.4, -0.2) is 20.3 Å². The quantitative estimate of drug-likeness (QED) is 0.739. The van der Waals surface area contributed by atoms with Gasteiger partial charge in [-0.3, -0.25) is 9.78 Å². The molecule has 4 nitrogen and oxygen atoms in total. The van der Waals surface area contributed by atoms with E-state index in [4.69, 9.17) is 0 Å². The molecule has 0 aliphatic carbocycles. The number of carbonyl (C=O) groups is 1. The highest BCUT2D eigenvalue weighted by Crippen LogP contribution is 2.30. The highest BCUT2D eigenvalue weighted by Gasteiger charge is 2.30. The lowest BCUT2D eigenvalue weighted by Crippen LogP contribution is -2.05. The Kier molecular flexibility index (Phi) is 3.63. The summed E-state index contributed by atoms with van der Waals surface area (Å²) < 4.78 is 39.4. The molecule has 0 aliphatic rings. The van der Waals surface area contributed by atoms with Gasteiger partial charge in [-0.05, 0) is 31.2 Å². The third kappa shape index (κ3) is 3.08. The smallest absolute Gasteiger partial charge is 0.323 e. The lowest BCUT2D eigenvalue weighted by molar-refractivity contribution is -0.137. The molecule has 0 aliphatic heterocycles. The maximum Gasteiger partial charge on any atom is 0.417 e. The van der Waals surface area contributed by atoms with Crippen molar-refractivity contribution in [3.63, 3.8) is 0 Å². The summed E-state index contributed by atoms with van der Waals surface area (Å²) in [6.07, 6.45) is -2.03. The summed E-state index contributed by atoms with van der Waals surface area (Å²) in [6.45, 7) is 1.67. The second-order valence-electron chi connectivity index (χ2n) is 5.21. The van der Waals surface area contributed by atoms with Crippen LogP contribution in [0.1, 0.15) is 12.5 Å². The largest absolute Gasteiger partial charge is 0.417 e. The van der Waals surface area contributed by atoms with E-state index in [0.717, 1.165) is 17.8 Å². The number of hydrogen-bond acceptors (Lipinski definition) is 3. The molecule has 0 atom stereocenters. The van der Waals surface area contributed by atoms with Gasteiger partial charge < -0.3 is 4.57 Å². The minimum atomic E-state index is -4.41. The Balaban J connectivity index is 2.01. The zero-order chi connectivity index (χ0) is 16.6. The highest BCUT2D eigenvalue weighted by atomic mass is 19.4. The van der Waals surface area contributed by atoms with Gasteiger partial charge in [0.2, 0.25) is 0 Å². The second kappa shape index (κ2) is 5.49. The van der Waals surface area contributed by atoms with Crippen molar-refractivity contribution in [2.24, 2.45) is 0 Å². The summed E-state index contributed by atoms with van der Waals surface area (Å²) in [5.74, 6) is -0.0117. The molecule has 7 heteroatoms. The topological polar surface area (TPSA) is 47.8 Å². The average Bonchev–Trinajstić information content (AvgIpc) is 2.88. The number of aromatic nitrogens is 3. The van der Waals surface area contributed by atoms with Gasteiger partial charge in [0.15, 0.2) is 0 Å². The molecule has 0 N–H and O–H groups in total. The van der Waals surface area contributed by atoms with Crippen molar-refractivity contribution in [1.82, 2.24) is 14.5 Å². The van der Waals surface area contributed by atoms with Crippen LogP contribution in [0.15, 0.2) is 42.9 Å². The number of ketones is 1. The minimum absolute atomic E-state index is 0.0117. The molecule has 1 aromatic carbocycles. The Labute approximate surface area is 129 Å². The number of Topliss-reactive ketones (excluding diaryl/α,β-unsaturated/α-hetero) is 1. The number of imidazole rings is 1. The standard InChI is InChI=1S/C16H12F3N3O/c1-10(23)8-22-9-21-14-4-2-11(6-15(14)22)13-5-3-12(7-20-13)16(17,18)19/h2-7,9H,8H2,1H3. The molecule has 0 unspecified atom stereocenters. The van der Waals surface area contributed by atoms with Crippen molar-refractivity contribution in [2.75, 3.05) is 0 Å². The van der Waals surface area contributed by atoms with Gasteiger partial charge in [-0.1, -0.05) is 6.07 Å².